The van der Waals surface area contributed by atoms with Crippen LogP contribution in [0.2, 0.25) is 0 Å². The van der Waals surface area contributed by atoms with E-state index in [2.05, 4.69) is 39.0 Å². The molecule has 0 amide bonds. The van der Waals surface area contributed by atoms with Gasteiger partial charge < -0.3 is 0 Å². The lowest BCUT2D eigenvalue weighted by Gasteiger charge is -2.14. The molecule has 56 valence electrons. The Morgan fingerprint density at radius 2 is 2.20 bits per heavy atom. The highest BCUT2D eigenvalue weighted by molar-refractivity contribution is 5.24. The van der Waals surface area contributed by atoms with Gasteiger partial charge in [-0.1, -0.05) is 39.0 Å². The highest BCUT2D eigenvalue weighted by atomic mass is 14.1. The maximum atomic E-state index is 2.38. The second kappa shape index (κ2) is 3.05. The molecule has 0 aromatic rings. The molecule has 0 aromatic heterocycles. The molecule has 0 heterocycles. The summed E-state index contributed by atoms with van der Waals surface area (Å²) in [5, 5.41) is 0. The first-order valence-electron chi connectivity index (χ1n) is 4.08. The topological polar surface area (TPSA) is 0 Å². The van der Waals surface area contributed by atoms with E-state index in [1.54, 1.807) is 0 Å². The molecule has 0 nitrogen and oxygen atoms in total. The van der Waals surface area contributed by atoms with Gasteiger partial charge in [-0.05, 0) is 23.8 Å². The lowest BCUT2D eigenvalue weighted by Crippen LogP contribution is -1.99. The van der Waals surface area contributed by atoms with Gasteiger partial charge in [0.15, 0.2) is 0 Å². The minimum atomic E-state index is 0.694. The molecule has 0 spiro atoms. The maximum absolute atomic E-state index is 2.38. The van der Waals surface area contributed by atoms with Crippen LogP contribution in [0, 0.1) is 11.8 Å². The van der Waals surface area contributed by atoms with Crippen molar-refractivity contribution in [3.63, 3.8) is 0 Å². The van der Waals surface area contributed by atoms with Gasteiger partial charge in [0, 0.05) is 0 Å². The zero-order chi connectivity index (χ0) is 7.56. The lowest BCUT2D eigenvalue weighted by atomic mass is 9.92. The molecule has 0 saturated carbocycles. The molecule has 1 unspecified atom stereocenters. The molecule has 0 radical (unpaired) electrons. The van der Waals surface area contributed by atoms with Crippen LogP contribution in [0.4, 0.5) is 0 Å². The van der Waals surface area contributed by atoms with Gasteiger partial charge >= 0.3 is 0 Å². The van der Waals surface area contributed by atoms with Gasteiger partial charge in [0.1, 0.15) is 0 Å². The molecule has 1 atom stereocenters. The average Bonchev–Trinajstić information content (AvgIpc) is 1.88. The van der Waals surface area contributed by atoms with Crippen LogP contribution in [0.3, 0.4) is 0 Å². The summed E-state index contributed by atoms with van der Waals surface area (Å²) in [4.78, 5) is 0. The number of hydrogen-bond donors (Lipinski definition) is 0. The summed E-state index contributed by atoms with van der Waals surface area (Å²) in [6.07, 6.45) is 8.13. The number of rotatable bonds is 1. The lowest BCUT2D eigenvalue weighted by molar-refractivity contribution is 0.690. The van der Waals surface area contributed by atoms with Gasteiger partial charge in [0.25, 0.3) is 0 Å². The third kappa shape index (κ3) is 1.73. The predicted molar refractivity (Wildman–Crippen MR) is 45.8 cm³/mol. The van der Waals surface area contributed by atoms with Crippen LogP contribution in [0.25, 0.3) is 0 Å². The first kappa shape index (κ1) is 7.59. The predicted octanol–water partition coefficient (Wildman–Crippen LogP) is 3.16. The first-order chi connectivity index (χ1) is 4.70. The third-order valence-corrected chi connectivity index (χ3v) is 1.96. The molecule has 0 bridgehead atoms. The largest absolute Gasteiger partial charge is 0.0837 e. The molecule has 1 aliphatic rings. The van der Waals surface area contributed by atoms with Crippen LogP contribution in [-0.2, 0) is 0 Å². The number of allylic oxidation sites excluding steroid dienone is 4. The van der Waals surface area contributed by atoms with E-state index in [0.29, 0.717) is 5.92 Å². The summed E-state index contributed by atoms with van der Waals surface area (Å²) in [6, 6.07) is 0. The Morgan fingerprint density at radius 1 is 1.50 bits per heavy atom. The minimum Gasteiger partial charge on any atom is -0.0837 e. The van der Waals surface area contributed by atoms with Gasteiger partial charge in [0.2, 0.25) is 0 Å². The molecule has 0 heteroatoms. The summed E-state index contributed by atoms with van der Waals surface area (Å²) in [5.74, 6) is 1.45. The smallest absolute Gasteiger partial charge is 0.0221 e. The molecule has 0 N–H and O–H groups in total. The average molecular weight is 136 g/mol. The van der Waals surface area contributed by atoms with Crippen molar-refractivity contribution in [2.24, 2.45) is 11.8 Å². The normalized spacial score (nSPS) is 25.2. The maximum Gasteiger partial charge on any atom is -0.0221 e. The van der Waals surface area contributed by atoms with Crippen molar-refractivity contribution in [1.82, 2.24) is 0 Å². The van der Waals surface area contributed by atoms with Crippen LogP contribution in [0.5, 0.6) is 0 Å². The van der Waals surface area contributed by atoms with Gasteiger partial charge in [-0.2, -0.15) is 0 Å². The van der Waals surface area contributed by atoms with E-state index in [1.807, 2.05) is 0 Å². The van der Waals surface area contributed by atoms with Crippen molar-refractivity contribution >= 4 is 0 Å². The zero-order valence-corrected chi connectivity index (χ0v) is 7.09. The number of hydrogen-bond acceptors (Lipinski definition) is 0. The van der Waals surface area contributed by atoms with Gasteiger partial charge in [-0.3, -0.25) is 0 Å². The zero-order valence-electron chi connectivity index (χ0n) is 7.09. The second-order valence-corrected chi connectivity index (χ2v) is 3.44. The van der Waals surface area contributed by atoms with Crippen molar-refractivity contribution in [3.05, 3.63) is 23.8 Å². The standard InChI is InChI=1S/C10H16/c1-8(2)10-6-4-5-9(3)7-10/h4,6-9H,5H2,1-3H3. The molecule has 0 aliphatic heterocycles. The van der Waals surface area contributed by atoms with Gasteiger partial charge in [0.05, 0.1) is 0 Å². The van der Waals surface area contributed by atoms with Crippen LogP contribution < -0.4 is 0 Å². The van der Waals surface area contributed by atoms with E-state index in [-0.39, 0.29) is 0 Å². The van der Waals surface area contributed by atoms with E-state index in [0.717, 1.165) is 5.92 Å². The second-order valence-electron chi connectivity index (χ2n) is 3.44. The Balaban J connectivity index is 2.66. The Labute approximate surface area is 63.6 Å². The Kier molecular flexibility index (Phi) is 2.31. The molecule has 1 aliphatic carbocycles. The monoisotopic (exact) mass is 136 g/mol. The fraction of sp³-hybridized carbons (Fsp3) is 0.600. The quantitative estimate of drug-likeness (QED) is 0.519. The van der Waals surface area contributed by atoms with E-state index in [1.165, 1.54) is 12.0 Å². The van der Waals surface area contributed by atoms with Crippen LogP contribution in [0.15, 0.2) is 23.8 Å². The Hall–Kier alpha value is -0.520. The summed E-state index contributed by atoms with van der Waals surface area (Å²) >= 11 is 0. The molecule has 1 rings (SSSR count). The minimum absolute atomic E-state index is 0.694. The Bertz CT molecular complexity index is 161. The fourth-order valence-electron chi connectivity index (χ4n) is 1.26. The van der Waals surface area contributed by atoms with Gasteiger partial charge in [-0.15, -0.1) is 0 Å². The van der Waals surface area contributed by atoms with E-state index in [9.17, 15) is 0 Å². The summed E-state index contributed by atoms with van der Waals surface area (Å²) < 4.78 is 0. The summed E-state index contributed by atoms with van der Waals surface area (Å²) in [6.45, 7) is 6.76. The summed E-state index contributed by atoms with van der Waals surface area (Å²) in [5.41, 5.74) is 1.50. The fourth-order valence-corrected chi connectivity index (χ4v) is 1.26. The highest BCUT2D eigenvalue weighted by Gasteiger charge is 2.05. The first-order valence-corrected chi connectivity index (χ1v) is 4.08. The van der Waals surface area contributed by atoms with Crippen molar-refractivity contribution in [1.29, 1.82) is 0 Å². The molecular formula is C10H16. The van der Waals surface area contributed by atoms with E-state index >= 15 is 0 Å². The molecule has 0 fully saturated rings. The third-order valence-electron chi connectivity index (χ3n) is 1.96. The van der Waals surface area contributed by atoms with Crippen molar-refractivity contribution < 1.29 is 0 Å². The highest BCUT2D eigenvalue weighted by Crippen LogP contribution is 2.21. The van der Waals surface area contributed by atoms with Crippen molar-refractivity contribution in [2.45, 2.75) is 27.2 Å². The van der Waals surface area contributed by atoms with Crippen molar-refractivity contribution in [3.8, 4) is 0 Å². The van der Waals surface area contributed by atoms with E-state index in [4.69, 9.17) is 0 Å². The van der Waals surface area contributed by atoms with Gasteiger partial charge in [-0.25, -0.2) is 0 Å². The molecule has 10 heavy (non-hydrogen) atoms. The van der Waals surface area contributed by atoms with Crippen LogP contribution in [-0.4, -0.2) is 0 Å². The van der Waals surface area contributed by atoms with E-state index < -0.39 is 0 Å². The van der Waals surface area contributed by atoms with Crippen molar-refractivity contribution in [2.75, 3.05) is 0 Å². The van der Waals surface area contributed by atoms with Crippen LogP contribution in [0.1, 0.15) is 27.2 Å². The molecule has 0 aromatic carbocycles. The summed E-state index contributed by atoms with van der Waals surface area (Å²) in [7, 11) is 0. The SMILES string of the molecule is CC1C=C(C(C)C)C=CC1. The Morgan fingerprint density at radius 3 is 2.60 bits per heavy atom. The molecule has 0 saturated heterocycles. The van der Waals surface area contributed by atoms with Crippen LogP contribution >= 0.6 is 0 Å². The molecular weight excluding hydrogens is 120 g/mol.